The highest BCUT2D eigenvalue weighted by Gasteiger charge is 2.46. The van der Waals surface area contributed by atoms with E-state index in [4.69, 9.17) is 9.16 Å². The van der Waals surface area contributed by atoms with Crippen molar-refractivity contribution in [1.82, 2.24) is 15.1 Å². The Morgan fingerprint density at radius 1 is 1.23 bits per heavy atom. The van der Waals surface area contributed by atoms with Gasteiger partial charge in [0.1, 0.15) is 23.7 Å². The molecule has 0 spiro atoms. The molecule has 11 heteroatoms. The first-order chi connectivity index (χ1) is 16.2. The Kier molecular flexibility index (Phi) is 7.42. The first-order valence-corrected chi connectivity index (χ1v) is 14.4. The third-order valence-corrected chi connectivity index (χ3v) is 11.2. The van der Waals surface area contributed by atoms with Crippen molar-refractivity contribution in [1.29, 1.82) is 0 Å². The van der Waals surface area contributed by atoms with Gasteiger partial charge in [0.15, 0.2) is 8.32 Å². The fraction of sp³-hybridized carbons (Fsp3) is 0.542. The first kappa shape index (κ1) is 26.8. The molecule has 2 heterocycles. The van der Waals surface area contributed by atoms with Gasteiger partial charge in [-0.25, -0.2) is 9.48 Å². The lowest BCUT2D eigenvalue weighted by molar-refractivity contribution is -0.0554. The zero-order chi connectivity index (χ0) is 26.2. The number of ether oxygens (including phenoxy) is 1. The second-order valence-electron chi connectivity index (χ2n) is 10.3. The maximum Gasteiger partial charge on any atom is 0.337 e. The molecule has 8 nitrogen and oxygen atoms in total. The van der Waals surface area contributed by atoms with Gasteiger partial charge in [0.2, 0.25) is 0 Å². The molecule has 3 rings (SSSR count). The molecule has 0 unspecified atom stereocenters. The molecule has 1 aliphatic rings. The van der Waals surface area contributed by atoms with Crippen LogP contribution in [0.15, 0.2) is 24.3 Å². The molecule has 1 atom stereocenters. The third kappa shape index (κ3) is 5.56. The fourth-order valence-electron chi connectivity index (χ4n) is 3.49. The fourth-order valence-corrected chi connectivity index (χ4v) is 4.46. The van der Waals surface area contributed by atoms with E-state index in [0.29, 0.717) is 24.2 Å². The topological polar surface area (TPSA) is 94.5 Å². The molecule has 35 heavy (non-hydrogen) atoms. The van der Waals surface area contributed by atoms with Crippen molar-refractivity contribution in [2.45, 2.75) is 64.3 Å². The number of alkyl halides is 2. The number of rotatable bonds is 8. The summed E-state index contributed by atoms with van der Waals surface area (Å²) in [6, 6.07) is 6.03. The van der Waals surface area contributed by atoms with Gasteiger partial charge >= 0.3 is 11.9 Å². The number of carbonyl (C=O) groups is 2. The van der Waals surface area contributed by atoms with Gasteiger partial charge in [0.25, 0.3) is 5.91 Å². The van der Waals surface area contributed by atoms with Gasteiger partial charge in [-0.05, 0) is 42.8 Å². The van der Waals surface area contributed by atoms with E-state index in [0.717, 1.165) is 0 Å². The Labute approximate surface area is 205 Å². The van der Waals surface area contributed by atoms with E-state index in [2.05, 4.69) is 15.7 Å². The predicted molar refractivity (Wildman–Crippen MR) is 131 cm³/mol. The minimum absolute atomic E-state index is 0.177. The van der Waals surface area contributed by atoms with Crippen LogP contribution >= 0.6 is 0 Å². The van der Waals surface area contributed by atoms with Crippen molar-refractivity contribution < 1.29 is 27.5 Å². The summed E-state index contributed by atoms with van der Waals surface area (Å²) in [4.78, 5) is 24.9. The Morgan fingerprint density at radius 3 is 2.43 bits per heavy atom. The molecule has 1 aromatic carbocycles. The zero-order valence-corrected chi connectivity index (χ0v) is 22.3. The highest BCUT2D eigenvalue weighted by molar-refractivity contribution is 6.74. The molecule has 192 valence electrons. The van der Waals surface area contributed by atoms with E-state index in [-0.39, 0.29) is 16.4 Å². The van der Waals surface area contributed by atoms with Crippen LogP contribution in [0.5, 0.6) is 0 Å². The Balaban J connectivity index is 1.84. The highest BCUT2D eigenvalue weighted by atomic mass is 28.4. The smallest absolute Gasteiger partial charge is 0.337 e. The van der Waals surface area contributed by atoms with Crippen LogP contribution < -0.4 is 10.6 Å². The maximum absolute atomic E-state index is 15.4. The number of halogens is 2. The number of anilines is 1. The van der Waals surface area contributed by atoms with Crippen molar-refractivity contribution in [3.8, 4) is 0 Å². The molecule has 0 bridgehead atoms. The number of aromatic nitrogens is 2. The number of esters is 1. The van der Waals surface area contributed by atoms with E-state index >= 15 is 8.78 Å². The Hall–Kier alpha value is -2.79. The number of benzene rings is 1. The van der Waals surface area contributed by atoms with Crippen LogP contribution in [-0.2, 0) is 21.6 Å². The molecular formula is C24H34F2N4O4Si. The molecule has 1 aliphatic heterocycles. The summed E-state index contributed by atoms with van der Waals surface area (Å²) >= 11 is 0. The van der Waals surface area contributed by atoms with Crippen LogP contribution in [0, 0.1) is 0 Å². The Morgan fingerprint density at radius 2 is 1.86 bits per heavy atom. The second-order valence-corrected chi connectivity index (χ2v) is 15.1. The number of nitrogens with zero attached hydrogens (tertiary/aromatic N) is 2. The van der Waals surface area contributed by atoms with Crippen LogP contribution in [0.4, 0.5) is 14.6 Å². The largest absolute Gasteiger partial charge is 0.465 e. The molecule has 0 fully saturated rings. The highest BCUT2D eigenvalue weighted by Crippen LogP contribution is 2.40. The van der Waals surface area contributed by atoms with Crippen LogP contribution in [0.1, 0.15) is 65.7 Å². The van der Waals surface area contributed by atoms with Crippen LogP contribution in [0.3, 0.4) is 0 Å². The number of fused-ring (bicyclic) bond motifs is 1. The number of methoxy groups -OCH3 is 1. The normalized spacial score (nSPS) is 14.8. The average Bonchev–Trinajstić information content (AvgIpc) is 3.38. The van der Waals surface area contributed by atoms with Crippen molar-refractivity contribution >= 4 is 26.0 Å². The third-order valence-electron chi connectivity index (χ3n) is 6.74. The molecule has 0 saturated heterocycles. The van der Waals surface area contributed by atoms with E-state index in [1.807, 2.05) is 33.9 Å². The van der Waals surface area contributed by atoms with E-state index in [9.17, 15) is 9.59 Å². The molecule has 0 radical (unpaired) electrons. The van der Waals surface area contributed by atoms with Gasteiger partial charge in [-0.1, -0.05) is 32.9 Å². The minimum atomic E-state index is -3.45. The van der Waals surface area contributed by atoms with Gasteiger partial charge in [-0.15, -0.1) is 0 Å². The lowest BCUT2D eigenvalue weighted by Gasteiger charge is -2.37. The maximum atomic E-state index is 15.4. The van der Waals surface area contributed by atoms with Gasteiger partial charge in [0.05, 0.1) is 25.3 Å². The zero-order valence-electron chi connectivity index (χ0n) is 21.3. The quantitative estimate of drug-likeness (QED) is 0.397. The molecular weight excluding hydrogens is 474 g/mol. The van der Waals surface area contributed by atoms with Crippen molar-refractivity contribution in [2.24, 2.45) is 0 Å². The van der Waals surface area contributed by atoms with Crippen molar-refractivity contribution in [2.75, 3.05) is 25.6 Å². The summed E-state index contributed by atoms with van der Waals surface area (Å²) in [5.41, 5.74) is 0.308. The van der Waals surface area contributed by atoms with Crippen molar-refractivity contribution in [3.63, 3.8) is 0 Å². The predicted octanol–water partition coefficient (Wildman–Crippen LogP) is 4.70. The van der Waals surface area contributed by atoms with Crippen LogP contribution in [0.2, 0.25) is 18.1 Å². The standard InChI is InChI=1S/C24H34F2N4O4Si/c1-15(16-8-10-17(11-9-16)22(32)33-5)28-21(31)18-19(29-30-13-12-27-20(18)30)24(25,26)14-34-35(6,7)23(2,3)4/h8-11,15,27H,12-14H2,1-7H3,(H,28,31)/t15-/m0/s1. The lowest BCUT2D eigenvalue weighted by Crippen LogP contribution is -2.43. The Bertz CT molecular complexity index is 1090. The molecule has 1 aromatic heterocycles. The number of nitrogens with one attached hydrogen (secondary N) is 2. The molecule has 0 saturated carbocycles. The summed E-state index contributed by atoms with van der Waals surface area (Å²) < 4.78 is 42.8. The summed E-state index contributed by atoms with van der Waals surface area (Å²) in [5, 5.41) is 9.64. The molecule has 1 amide bonds. The minimum Gasteiger partial charge on any atom is -0.465 e. The SMILES string of the molecule is COC(=O)c1ccc([C@H](C)NC(=O)c2c(C(F)(F)CO[Si](C)(C)C(C)(C)C)nn3c2NCC3)cc1. The molecule has 2 N–H and O–H groups in total. The monoisotopic (exact) mass is 508 g/mol. The lowest BCUT2D eigenvalue weighted by atomic mass is 10.0. The van der Waals surface area contributed by atoms with Gasteiger partial charge in [0, 0.05) is 6.54 Å². The number of hydrogen-bond acceptors (Lipinski definition) is 6. The van der Waals surface area contributed by atoms with Gasteiger partial charge in [-0.2, -0.15) is 13.9 Å². The van der Waals surface area contributed by atoms with Gasteiger partial charge < -0.3 is 19.8 Å². The van der Waals surface area contributed by atoms with E-state index in [1.54, 1.807) is 31.2 Å². The summed E-state index contributed by atoms with van der Waals surface area (Å²) in [6.07, 6.45) is 0. The average molecular weight is 509 g/mol. The van der Waals surface area contributed by atoms with Crippen LogP contribution in [-0.4, -0.2) is 50.2 Å². The summed E-state index contributed by atoms with van der Waals surface area (Å²) in [7, 11) is -1.15. The van der Waals surface area contributed by atoms with E-state index in [1.165, 1.54) is 11.8 Å². The second kappa shape index (κ2) is 9.69. The van der Waals surface area contributed by atoms with E-state index < -0.39 is 44.5 Å². The number of carbonyl (C=O) groups excluding carboxylic acids is 2. The molecule has 0 aliphatic carbocycles. The van der Waals surface area contributed by atoms with Crippen LogP contribution in [0.25, 0.3) is 0 Å². The summed E-state index contributed by atoms with van der Waals surface area (Å²) in [6.45, 7) is 11.5. The van der Waals surface area contributed by atoms with Gasteiger partial charge in [-0.3, -0.25) is 4.79 Å². The first-order valence-electron chi connectivity index (χ1n) is 11.5. The summed E-state index contributed by atoms with van der Waals surface area (Å²) in [5.74, 6) is -4.31. The van der Waals surface area contributed by atoms with Crippen molar-refractivity contribution in [3.05, 3.63) is 46.6 Å². The number of amides is 1. The number of hydrogen-bond donors (Lipinski definition) is 2. The molecule has 2 aromatic rings.